The minimum atomic E-state index is -0.0159. The molecule has 0 spiro atoms. The van der Waals surface area contributed by atoms with E-state index in [0.717, 1.165) is 25.1 Å². The second-order valence-corrected chi connectivity index (χ2v) is 5.49. The minimum Gasteiger partial charge on any atom is -0.325 e. The Morgan fingerprint density at radius 1 is 1.31 bits per heavy atom. The van der Waals surface area contributed by atoms with Gasteiger partial charge in [0.25, 0.3) is 0 Å². The molecule has 1 aromatic rings. The Kier molecular flexibility index (Phi) is 2.46. The molecule has 2 fully saturated rings. The molecule has 0 aliphatic heterocycles. The molecule has 2 aliphatic carbocycles. The Labute approximate surface area is 96.2 Å². The topological polar surface area (TPSA) is 56.7 Å². The number of nitrogens with two attached hydrogens (primary N) is 1. The lowest BCUT2D eigenvalue weighted by atomic mass is 9.80. The highest BCUT2D eigenvalue weighted by Gasteiger charge is 2.32. The minimum absolute atomic E-state index is 0.0159. The van der Waals surface area contributed by atoms with Crippen LogP contribution >= 0.6 is 0 Å². The predicted octanol–water partition coefficient (Wildman–Crippen LogP) is 1.82. The summed E-state index contributed by atoms with van der Waals surface area (Å²) in [4.78, 5) is 0. The Bertz CT molecular complexity index is 361. The van der Waals surface area contributed by atoms with E-state index in [1.807, 2.05) is 6.33 Å². The Morgan fingerprint density at radius 3 is 2.75 bits per heavy atom. The Hall–Kier alpha value is -0.900. The maximum atomic E-state index is 6.46. The van der Waals surface area contributed by atoms with Gasteiger partial charge >= 0.3 is 0 Å². The average Bonchev–Trinajstić information content (AvgIpc) is 3.01. The number of hydrogen-bond acceptors (Lipinski definition) is 3. The van der Waals surface area contributed by atoms with Gasteiger partial charge in [0.2, 0.25) is 0 Å². The largest absolute Gasteiger partial charge is 0.325 e. The zero-order valence-electron chi connectivity index (χ0n) is 9.73. The monoisotopic (exact) mass is 220 g/mol. The summed E-state index contributed by atoms with van der Waals surface area (Å²) in [5.74, 6) is 1.10. The van der Waals surface area contributed by atoms with Crippen molar-refractivity contribution in [1.82, 2.24) is 14.8 Å². The van der Waals surface area contributed by atoms with Crippen molar-refractivity contribution in [3.63, 3.8) is 0 Å². The van der Waals surface area contributed by atoms with Gasteiger partial charge in [0.05, 0.1) is 0 Å². The van der Waals surface area contributed by atoms with E-state index in [9.17, 15) is 0 Å². The van der Waals surface area contributed by atoms with Crippen molar-refractivity contribution in [2.45, 2.75) is 62.9 Å². The molecule has 16 heavy (non-hydrogen) atoms. The molecule has 0 aromatic carbocycles. The molecule has 1 aromatic heterocycles. The molecule has 2 aliphatic rings. The summed E-state index contributed by atoms with van der Waals surface area (Å²) >= 11 is 0. The van der Waals surface area contributed by atoms with Crippen LogP contribution in [0.3, 0.4) is 0 Å². The lowest BCUT2D eigenvalue weighted by molar-refractivity contribution is 0.286. The van der Waals surface area contributed by atoms with Crippen molar-refractivity contribution in [3.8, 4) is 0 Å². The highest BCUT2D eigenvalue weighted by atomic mass is 15.3. The van der Waals surface area contributed by atoms with Crippen molar-refractivity contribution in [2.75, 3.05) is 0 Å². The highest BCUT2D eigenvalue weighted by Crippen LogP contribution is 2.36. The predicted molar refractivity (Wildman–Crippen MR) is 62.0 cm³/mol. The van der Waals surface area contributed by atoms with E-state index in [-0.39, 0.29) is 5.54 Å². The van der Waals surface area contributed by atoms with Gasteiger partial charge in [0.1, 0.15) is 12.2 Å². The molecule has 4 heteroatoms. The molecule has 3 rings (SSSR count). The van der Waals surface area contributed by atoms with E-state index in [1.54, 1.807) is 0 Å². The summed E-state index contributed by atoms with van der Waals surface area (Å²) in [6.07, 6.45) is 11.5. The van der Waals surface area contributed by atoms with E-state index in [0.29, 0.717) is 6.04 Å². The van der Waals surface area contributed by atoms with Crippen molar-refractivity contribution < 1.29 is 0 Å². The molecule has 0 saturated heterocycles. The van der Waals surface area contributed by atoms with Gasteiger partial charge in [-0.2, -0.15) is 0 Å². The van der Waals surface area contributed by atoms with Gasteiger partial charge in [-0.3, -0.25) is 0 Å². The first-order valence-electron chi connectivity index (χ1n) is 6.44. The first-order chi connectivity index (χ1) is 7.77. The zero-order valence-corrected chi connectivity index (χ0v) is 9.73. The Morgan fingerprint density at radius 2 is 2.06 bits per heavy atom. The van der Waals surface area contributed by atoms with Gasteiger partial charge in [0, 0.05) is 18.0 Å². The zero-order chi connectivity index (χ0) is 11.0. The summed E-state index contributed by atoms with van der Waals surface area (Å²) in [5, 5.41) is 8.29. The van der Waals surface area contributed by atoms with Crippen molar-refractivity contribution in [2.24, 2.45) is 5.73 Å². The van der Waals surface area contributed by atoms with Crippen molar-refractivity contribution in [3.05, 3.63) is 12.2 Å². The smallest absolute Gasteiger partial charge is 0.134 e. The van der Waals surface area contributed by atoms with Gasteiger partial charge in [-0.05, 0) is 25.7 Å². The van der Waals surface area contributed by atoms with Crippen LogP contribution in [-0.4, -0.2) is 20.3 Å². The summed E-state index contributed by atoms with van der Waals surface area (Å²) in [6, 6.07) is 0.664. The Balaban J connectivity index is 1.74. The average molecular weight is 220 g/mol. The van der Waals surface area contributed by atoms with E-state index in [2.05, 4.69) is 14.8 Å². The third-order valence-electron chi connectivity index (χ3n) is 3.95. The van der Waals surface area contributed by atoms with Crippen LogP contribution in [0.15, 0.2) is 6.33 Å². The van der Waals surface area contributed by atoms with Crippen LogP contribution in [0.4, 0.5) is 0 Å². The maximum Gasteiger partial charge on any atom is 0.134 e. The van der Waals surface area contributed by atoms with Gasteiger partial charge in [-0.15, -0.1) is 10.2 Å². The number of nitrogens with zero attached hydrogens (tertiary/aromatic N) is 3. The lowest BCUT2D eigenvalue weighted by Gasteiger charge is -2.33. The second kappa shape index (κ2) is 3.84. The van der Waals surface area contributed by atoms with Crippen LogP contribution in [0, 0.1) is 0 Å². The molecule has 0 radical (unpaired) electrons. The van der Waals surface area contributed by atoms with Crippen molar-refractivity contribution >= 4 is 0 Å². The molecule has 2 N–H and O–H groups in total. The molecule has 0 bridgehead atoms. The van der Waals surface area contributed by atoms with Crippen LogP contribution in [0.25, 0.3) is 0 Å². The molecule has 4 nitrogen and oxygen atoms in total. The van der Waals surface area contributed by atoms with Crippen LogP contribution in [0.5, 0.6) is 0 Å². The van der Waals surface area contributed by atoms with Crippen LogP contribution in [-0.2, 0) is 6.42 Å². The van der Waals surface area contributed by atoms with Gasteiger partial charge in [-0.1, -0.05) is 19.3 Å². The molecule has 88 valence electrons. The first-order valence-corrected chi connectivity index (χ1v) is 6.44. The second-order valence-electron chi connectivity index (χ2n) is 5.49. The van der Waals surface area contributed by atoms with Gasteiger partial charge < -0.3 is 10.3 Å². The summed E-state index contributed by atoms with van der Waals surface area (Å²) in [6.45, 7) is 0. The van der Waals surface area contributed by atoms with Crippen LogP contribution in [0.1, 0.15) is 56.8 Å². The third kappa shape index (κ3) is 1.98. The van der Waals surface area contributed by atoms with E-state index >= 15 is 0 Å². The quantitative estimate of drug-likeness (QED) is 0.845. The summed E-state index contributed by atoms with van der Waals surface area (Å²) in [5.41, 5.74) is 6.44. The molecular formula is C12H20N4. The maximum absolute atomic E-state index is 6.46. The number of hydrogen-bond donors (Lipinski definition) is 1. The molecule has 0 amide bonds. The standard InChI is InChI=1S/C12H20N4/c13-12(6-2-1-3-7-12)8-11-15-14-9-16(11)10-4-5-10/h9-10H,1-8,13H2. The van der Waals surface area contributed by atoms with Gasteiger partial charge in [0.15, 0.2) is 0 Å². The fourth-order valence-corrected chi connectivity index (χ4v) is 2.80. The molecular weight excluding hydrogens is 200 g/mol. The first kappa shape index (κ1) is 10.3. The highest BCUT2D eigenvalue weighted by molar-refractivity contribution is 5.02. The van der Waals surface area contributed by atoms with E-state index < -0.39 is 0 Å². The fraction of sp³-hybridized carbons (Fsp3) is 0.833. The summed E-state index contributed by atoms with van der Waals surface area (Å²) < 4.78 is 2.24. The number of aromatic nitrogens is 3. The fourth-order valence-electron chi connectivity index (χ4n) is 2.80. The molecule has 0 unspecified atom stereocenters. The third-order valence-corrected chi connectivity index (χ3v) is 3.95. The normalized spacial score (nSPS) is 24.6. The lowest BCUT2D eigenvalue weighted by Crippen LogP contribution is -2.44. The van der Waals surface area contributed by atoms with E-state index in [1.165, 1.54) is 32.1 Å². The SMILES string of the molecule is NC1(Cc2nncn2C2CC2)CCCCC1. The molecule has 1 heterocycles. The van der Waals surface area contributed by atoms with Crippen LogP contribution in [0.2, 0.25) is 0 Å². The van der Waals surface area contributed by atoms with E-state index in [4.69, 9.17) is 5.73 Å². The van der Waals surface area contributed by atoms with Crippen molar-refractivity contribution in [1.29, 1.82) is 0 Å². The van der Waals surface area contributed by atoms with Gasteiger partial charge in [-0.25, -0.2) is 0 Å². The van der Waals surface area contributed by atoms with Crippen LogP contribution < -0.4 is 5.73 Å². The number of rotatable bonds is 3. The molecule has 0 atom stereocenters. The summed E-state index contributed by atoms with van der Waals surface area (Å²) in [7, 11) is 0. The molecule has 2 saturated carbocycles.